The van der Waals surface area contributed by atoms with Gasteiger partial charge in [0.25, 0.3) is 0 Å². The van der Waals surface area contributed by atoms with E-state index in [-0.39, 0.29) is 0 Å². The number of aromatic nitrogens is 1. The summed E-state index contributed by atoms with van der Waals surface area (Å²) in [5.74, 6) is 2.11. The zero-order valence-electron chi connectivity index (χ0n) is 11.9. The Morgan fingerprint density at radius 2 is 2.05 bits per heavy atom. The molecule has 1 aliphatic heterocycles. The van der Waals surface area contributed by atoms with Gasteiger partial charge in [-0.15, -0.1) is 0 Å². The third-order valence-corrected chi connectivity index (χ3v) is 4.73. The van der Waals surface area contributed by atoms with Gasteiger partial charge < -0.3 is 10.2 Å². The smallest absolute Gasteiger partial charge is 0.128 e. The topological polar surface area (TPSA) is 28.2 Å². The molecule has 0 radical (unpaired) electrons. The van der Waals surface area contributed by atoms with E-state index in [2.05, 4.69) is 22.3 Å². The molecule has 1 saturated heterocycles. The lowest BCUT2D eigenvalue weighted by Gasteiger charge is -2.44. The first-order valence-electron chi connectivity index (χ1n) is 7.74. The van der Waals surface area contributed by atoms with E-state index in [4.69, 9.17) is 4.98 Å². The molecular formula is C16H25N3. The van der Waals surface area contributed by atoms with Crippen molar-refractivity contribution >= 4 is 5.82 Å². The van der Waals surface area contributed by atoms with Crippen molar-refractivity contribution in [3.05, 3.63) is 23.9 Å². The lowest BCUT2D eigenvalue weighted by molar-refractivity contribution is 0.243. The van der Waals surface area contributed by atoms with E-state index in [1.807, 2.05) is 13.2 Å². The van der Waals surface area contributed by atoms with Crippen LogP contribution in [0.15, 0.2) is 18.3 Å². The minimum Gasteiger partial charge on any atom is -0.353 e. The quantitative estimate of drug-likeness (QED) is 0.904. The summed E-state index contributed by atoms with van der Waals surface area (Å²) < 4.78 is 0. The summed E-state index contributed by atoms with van der Waals surface area (Å²) in [6, 6.07) is 5.18. The van der Waals surface area contributed by atoms with Crippen LogP contribution in [0.3, 0.4) is 0 Å². The zero-order chi connectivity index (χ0) is 13.1. The Morgan fingerprint density at radius 1 is 1.21 bits per heavy atom. The fourth-order valence-corrected chi connectivity index (χ4v) is 3.80. The number of anilines is 1. The first-order chi connectivity index (χ1) is 9.38. The summed E-state index contributed by atoms with van der Waals surface area (Å²) in [5.41, 5.74) is 1.27. The van der Waals surface area contributed by atoms with E-state index in [9.17, 15) is 0 Å². The first-order valence-corrected chi connectivity index (χ1v) is 7.74. The van der Waals surface area contributed by atoms with Crippen LogP contribution in [0, 0.1) is 5.92 Å². The number of nitrogens with zero attached hydrogens (tertiary/aromatic N) is 2. The summed E-state index contributed by atoms with van der Waals surface area (Å²) in [7, 11) is 1.98. The summed E-state index contributed by atoms with van der Waals surface area (Å²) in [6.07, 6.45) is 10.4. The Hall–Kier alpha value is -1.09. The fourth-order valence-electron chi connectivity index (χ4n) is 3.80. The maximum atomic E-state index is 4.70. The second-order valence-corrected chi connectivity index (χ2v) is 6.00. The molecule has 2 atom stereocenters. The molecule has 1 aromatic rings. The monoisotopic (exact) mass is 259 g/mol. The van der Waals surface area contributed by atoms with Gasteiger partial charge in [0.1, 0.15) is 5.82 Å². The van der Waals surface area contributed by atoms with E-state index in [0.29, 0.717) is 0 Å². The van der Waals surface area contributed by atoms with E-state index in [0.717, 1.165) is 18.5 Å². The molecule has 0 aromatic carbocycles. The van der Waals surface area contributed by atoms with E-state index in [1.165, 1.54) is 56.5 Å². The van der Waals surface area contributed by atoms with Gasteiger partial charge in [0.2, 0.25) is 0 Å². The van der Waals surface area contributed by atoms with Crippen molar-refractivity contribution in [2.75, 3.05) is 18.5 Å². The number of nitrogens with one attached hydrogen (secondary N) is 1. The van der Waals surface area contributed by atoms with Crippen LogP contribution in [0.5, 0.6) is 0 Å². The molecule has 2 fully saturated rings. The second-order valence-electron chi connectivity index (χ2n) is 6.00. The van der Waals surface area contributed by atoms with Crippen LogP contribution in [0.25, 0.3) is 0 Å². The molecule has 1 saturated carbocycles. The van der Waals surface area contributed by atoms with Crippen molar-refractivity contribution in [2.45, 2.75) is 51.1 Å². The van der Waals surface area contributed by atoms with Gasteiger partial charge >= 0.3 is 0 Å². The fraction of sp³-hybridized carbons (Fsp3) is 0.688. The molecule has 2 heterocycles. The van der Waals surface area contributed by atoms with Crippen LogP contribution in [0.2, 0.25) is 0 Å². The number of fused-ring (bicyclic) bond motifs is 1. The van der Waals surface area contributed by atoms with E-state index >= 15 is 0 Å². The van der Waals surface area contributed by atoms with Crippen LogP contribution in [0.1, 0.15) is 44.1 Å². The predicted octanol–water partition coefficient (Wildman–Crippen LogP) is 2.96. The van der Waals surface area contributed by atoms with Crippen LogP contribution in [0.4, 0.5) is 5.82 Å². The second kappa shape index (κ2) is 5.91. The highest BCUT2D eigenvalue weighted by atomic mass is 15.2. The molecule has 3 heteroatoms. The van der Waals surface area contributed by atoms with Crippen molar-refractivity contribution < 1.29 is 0 Å². The van der Waals surface area contributed by atoms with Crippen molar-refractivity contribution in [2.24, 2.45) is 5.92 Å². The highest BCUT2D eigenvalue weighted by Crippen LogP contribution is 2.37. The van der Waals surface area contributed by atoms with Crippen molar-refractivity contribution in [3.8, 4) is 0 Å². The van der Waals surface area contributed by atoms with Gasteiger partial charge in [0, 0.05) is 25.3 Å². The lowest BCUT2D eigenvalue weighted by Crippen LogP contribution is -2.47. The Bertz CT molecular complexity index is 399. The Labute approximate surface area is 116 Å². The largest absolute Gasteiger partial charge is 0.353 e. The summed E-state index contributed by atoms with van der Waals surface area (Å²) in [4.78, 5) is 7.28. The van der Waals surface area contributed by atoms with Gasteiger partial charge in [-0.25, -0.2) is 4.98 Å². The Balaban J connectivity index is 1.75. The van der Waals surface area contributed by atoms with Gasteiger partial charge in [-0.2, -0.15) is 0 Å². The minimum absolute atomic E-state index is 0.755. The molecule has 3 rings (SSSR count). The minimum atomic E-state index is 0.755. The molecule has 0 amide bonds. The highest BCUT2D eigenvalue weighted by molar-refractivity contribution is 5.41. The molecular weight excluding hydrogens is 234 g/mol. The molecule has 104 valence electrons. The Kier molecular flexibility index (Phi) is 4.02. The molecule has 0 spiro atoms. The SMILES string of the molecule is CNCc1ccc(N2CCC[C@H]3CCCC[C@H]32)nc1. The van der Waals surface area contributed by atoms with Crippen LogP contribution in [-0.4, -0.2) is 24.6 Å². The highest BCUT2D eigenvalue weighted by Gasteiger charge is 2.33. The molecule has 0 unspecified atom stereocenters. The van der Waals surface area contributed by atoms with Crippen molar-refractivity contribution in [3.63, 3.8) is 0 Å². The lowest BCUT2D eigenvalue weighted by atomic mass is 9.78. The van der Waals surface area contributed by atoms with Crippen molar-refractivity contribution in [1.29, 1.82) is 0 Å². The van der Waals surface area contributed by atoms with Crippen LogP contribution in [-0.2, 0) is 6.54 Å². The predicted molar refractivity (Wildman–Crippen MR) is 79.3 cm³/mol. The maximum absolute atomic E-state index is 4.70. The summed E-state index contributed by atoms with van der Waals surface area (Å²) >= 11 is 0. The van der Waals surface area contributed by atoms with Crippen LogP contribution < -0.4 is 10.2 Å². The van der Waals surface area contributed by atoms with Crippen LogP contribution >= 0.6 is 0 Å². The van der Waals surface area contributed by atoms with Crippen molar-refractivity contribution in [1.82, 2.24) is 10.3 Å². The number of hydrogen-bond acceptors (Lipinski definition) is 3. The average Bonchev–Trinajstić information content (AvgIpc) is 2.48. The van der Waals surface area contributed by atoms with Gasteiger partial charge in [0.15, 0.2) is 0 Å². The Morgan fingerprint density at radius 3 is 2.84 bits per heavy atom. The summed E-state index contributed by atoms with van der Waals surface area (Å²) in [5, 5.41) is 3.17. The van der Waals surface area contributed by atoms with Gasteiger partial charge in [-0.3, -0.25) is 0 Å². The van der Waals surface area contributed by atoms with Gasteiger partial charge in [-0.1, -0.05) is 18.9 Å². The molecule has 1 N–H and O–H groups in total. The molecule has 2 aliphatic rings. The standard InChI is InChI=1S/C16H25N3/c1-17-11-13-8-9-16(18-12-13)19-10-4-6-14-5-2-3-7-15(14)19/h8-9,12,14-15,17H,2-7,10-11H2,1H3/t14-,15-/m1/s1. The summed E-state index contributed by atoms with van der Waals surface area (Å²) in [6.45, 7) is 2.10. The average molecular weight is 259 g/mol. The number of piperidine rings is 1. The third-order valence-electron chi connectivity index (χ3n) is 4.73. The maximum Gasteiger partial charge on any atom is 0.128 e. The van der Waals surface area contributed by atoms with Gasteiger partial charge in [-0.05, 0) is 50.3 Å². The third kappa shape index (κ3) is 2.76. The van der Waals surface area contributed by atoms with E-state index < -0.39 is 0 Å². The molecule has 1 aromatic heterocycles. The number of pyridine rings is 1. The van der Waals surface area contributed by atoms with Gasteiger partial charge in [0.05, 0.1) is 0 Å². The normalized spacial score (nSPS) is 27.1. The zero-order valence-corrected chi connectivity index (χ0v) is 11.9. The number of hydrogen-bond donors (Lipinski definition) is 1. The van der Waals surface area contributed by atoms with E-state index in [1.54, 1.807) is 0 Å². The molecule has 3 nitrogen and oxygen atoms in total. The first kappa shape index (κ1) is 12.9. The molecule has 0 bridgehead atoms. The molecule has 19 heavy (non-hydrogen) atoms. The number of rotatable bonds is 3. The molecule has 1 aliphatic carbocycles.